The van der Waals surface area contributed by atoms with E-state index in [1.807, 2.05) is 32.9 Å². The van der Waals surface area contributed by atoms with Gasteiger partial charge < -0.3 is 10.1 Å². The van der Waals surface area contributed by atoms with E-state index in [0.29, 0.717) is 18.0 Å². The number of hydrogen-bond donors (Lipinski definition) is 1. The highest BCUT2D eigenvalue weighted by molar-refractivity contribution is 6.41. The van der Waals surface area contributed by atoms with Crippen LogP contribution in [-0.2, 0) is 4.74 Å². The second-order valence-corrected chi connectivity index (χ2v) is 5.93. The monoisotopic (exact) mass is 316 g/mol. The number of halogens is 2. The van der Waals surface area contributed by atoms with E-state index in [1.54, 1.807) is 12.3 Å². The largest absolute Gasteiger partial charge is 0.444 e. The number of nitrogens with zero attached hydrogens (tertiary/aromatic N) is 1. The predicted molar refractivity (Wildman–Crippen MR) is 82.1 cm³/mol. The molecule has 1 amide bonds. The molecule has 1 heterocycles. The molecular weight excluding hydrogens is 299 g/mol. The smallest absolute Gasteiger partial charge is 0.407 e. The molecule has 1 aromatic heterocycles. The molecule has 0 bridgehead atoms. The van der Waals surface area contributed by atoms with Crippen LogP contribution in [0.2, 0.25) is 10.2 Å². The number of hydrogen-bond acceptors (Lipinski definition) is 3. The van der Waals surface area contributed by atoms with Gasteiger partial charge in [0.1, 0.15) is 10.8 Å². The highest BCUT2D eigenvalue weighted by Gasteiger charge is 2.15. The maximum atomic E-state index is 11.4. The van der Waals surface area contributed by atoms with Gasteiger partial charge in [-0.1, -0.05) is 35.4 Å². The minimum absolute atomic E-state index is 0.287. The zero-order valence-electron chi connectivity index (χ0n) is 11.7. The Hall–Kier alpha value is -1.26. The van der Waals surface area contributed by atoms with Crippen molar-refractivity contribution in [1.82, 2.24) is 10.3 Å². The third kappa shape index (κ3) is 6.78. The van der Waals surface area contributed by atoms with Crippen molar-refractivity contribution >= 4 is 35.4 Å². The Labute approximate surface area is 129 Å². The van der Waals surface area contributed by atoms with Crippen molar-refractivity contribution in [1.29, 1.82) is 0 Å². The Kier molecular flexibility index (Phi) is 6.30. The van der Waals surface area contributed by atoms with Gasteiger partial charge in [0, 0.05) is 12.7 Å². The van der Waals surface area contributed by atoms with Crippen LogP contribution in [0, 0.1) is 0 Å². The fourth-order valence-corrected chi connectivity index (χ4v) is 1.60. The van der Waals surface area contributed by atoms with Crippen LogP contribution in [0.3, 0.4) is 0 Å². The molecule has 6 heteroatoms. The van der Waals surface area contributed by atoms with Gasteiger partial charge in [0.2, 0.25) is 0 Å². The summed E-state index contributed by atoms with van der Waals surface area (Å²) in [5.74, 6) is 0. The van der Waals surface area contributed by atoms with Crippen LogP contribution in [0.25, 0.3) is 6.08 Å². The van der Waals surface area contributed by atoms with Crippen molar-refractivity contribution in [2.75, 3.05) is 6.54 Å². The average molecular weight is 317 g/mol. The Morgan fingerprint density at radius 2 is 2.15 bits per heavy atom. The summed E-state index contributed by atoms with van der Waals surface area (Å²) < 4.78 is 5.12. The van der Waals surface area contributed by atoms with Gasteiger partial charge in [0.05, 0.1) is 5.02 Å². The molecule has 0 saturated heterocycles. The quantitative estimate of drug-likeness (QED) is 0.665. The minimum atomic E-state index is -0.481. The van der Waals surface area contributed by atoms with Gasteiger partial charge in [-0.2, -0.15) is 0 Å². The molecule has 0 aromatic carbocycles. The molecule has 0 aliphatic carbocycles. The summed E-state index contributed by atoms with van der Waals surface area (Å²) in [5, 5.41) is 3.38. The highest BCUT2D eigenvalue weighted by atomic mass is 35.5. The Balaban J connectivity index is 2.32. The molecular formula is C14H18Cl2N2O2. The van der Waals surface area contributed by atoms with Gasteiger partial charge in [0.15, 0.2) is 0 Å². The van der Waals surface area contributed by atoms with E-state index >= 15 is 0 Å². The molecule has 1 N–H and O–H groups in total. The summed E-state index contributed by atoms with van der Waals surface area (Å²) >= 11 is 11.6. The first-order valence-corrected chi connectivity index (χ1v) is 6.98. The predicted octanol–water partition coefficient (Wildman–Crippen LogP) is 4.32. The highest BCUT2D eigenvalue weighted by Crippen LogP contribution is 2.20. The number of nitrogens with one attached hydrogen (secondary N) is 1. The van der Waals surface area contributed by atoms with Gasteiger partial charge in [-0.3, -0.25) is 0 Å². The van der Waals surface area contributed by atoms with Crippen molar-refractivity contribution < 1.29 is 9.53 Å². The Bertz CT molecular complexity index is 496. The van der Waals surface area contributed by atoms with Crippen LogP contribution in [-0.4, -0.2) is 23.2 Å². The number of alkyl carbamates (subject to hydrolysis) is 1. The summed E-state index contributed by atoms with van der Waals surface area (Å²) in [6.07, 6.45) is 5.68. The molecule has 0 radical (unpaired) electrons. The van der Waals surface area contributed by atoms with E-state index < -0.39 is 11.7 Å². The lowest BCUT2D eigenvalue weighted by molar-refractivity contribution is 0.0529. The third-order valence-corrected chi connectivity index (χ3v) is 2.79. The summed E-state index contributed by atoms with van der Waals surface area (Å²) in [7, 11) is 0. The van der Waals surface area contributed by atoms with Crippen LogP contribution < -0.4 is 5.32 Å². The van der Waals surface area contributed by atoms with E-state index in [9.17, 15) is 4.79 Å². The average Bonchev–Trinajstić information content (AvgIpc) is 2.31. The molecule has 0 unspecified atom stereocenters. The molecule has 4 nitrogen and oxygen atoms in total. The lowest BCUT2D eigenvalue weighted by Crippen LogP contribution is -2.32. The molecule has 1 rings (SSSR count). The van der Waals surface area contributed by atoms with Crippen molar-refractivity contribution in [3.8, 4) is 0 Å². The molecule has 0 spiro atoms. The van der Waals surface area contributed by atoms with Gasteiger partial charge in [-0.05, 0) is 38.8 Å². The number of carbonyl (C=O) groups is 1. The molecule has 20 heavy (non-hydrogen) atoms. The second kappa shape index (κ2) is 7.50. The van der Waals surface area contributed by atoms with Crippen LogP contribution in [0.4, 0.5) is 4.79 Å². The number of aromatic nitrogens is 1. The van der Waals surface area contributed by atoms with Crippen LogP contribution in [0.1, 0.15) is 32.8 Å². The molecule has 0 fully saturated rings. The van der Waals surface area contributed by atoms with Crippen molar-refractivity contribution in [3.63, 3.8) is 0 Å². The summed E-state index contributed by atoms with van der Waals surface area (Å²) in [4.78, 5) is 15.3. The summed E-state index contributed by atoms with van der Waals surface area (Å²) in [6.45, 7) is 5.97. The van der Waals surface area contributed by atoms with E-state index in [2.05, 4.69) is 10.3 Å². The standard InChI is InChI=1S/C14H18Cl2N2O2/c1-14(2,3)20-13(19)17-7-5-4-6-10-8-11(15)12(16)18-9-10/h4,6,8-9H,5,7H2,1-3H3,(H,17,19). The maximum Gasteiger partial charge on any atom is 0.407 e. The van der Waals surface area contributed by atoms with E-state index in [1.165, 1.54) is 0 Å². The second-order valence-electron chi connectivity index (χ2n) is 5.16. The third-order valence-electron chi connectivity index (χ3n) is 2.11. The van der Waals surface area contributed by atoms with Gasteiger partial charge in [0.25, 0.3) is 0 Å². The minimum Gasteiger partial charge on any atom is -0.444 e. The maximum absolute atomic E-state index is 11.4. The lowest BCUT2D eigenvalue weighted by atomic mass is 10.2. The molecule has 0 atom stereocenters. The van der Waals surface area contributed by atoms with E-state index in [0.717, 1.165) is 5.56 Å². The molecule has 0 saturated carbocycles. The summed E-state index contributed by atoms with van der Waals surface area (Å²) in [6, 6.07) is 1.73. The molecule has 0 aliphatic rings. The zero-order valence-corrected chi connectivity index (χ0v) is 13.3. The summed E-state index contributed by atoms with van der Waals surface area (Å²) in [5.41, 5.74) is 0.378. The van der Waals surface area contributed by atoms with E-state index in [4.69, 9.17) is 27.9 Å². The molecule has 1 aromatic rings. The van der Waals surface area contributed by atoms with Crippen molar-refractivity contribution in [3.05, 3.63) is 34.1 Å². The Morgan fingerprint density at radius 1 is 1.45 bits per heavy atom. The van der Waals surface area contributed by atoms with Gasteiger partial charge >= 0.3 is 6.09 Å². The van der Waals surface area contributed by atoms with Crippen LogP contribution in [0.15, 0.2) is 18.3 Å². The first kappa shape index (κ1) is 16.8. The van der Waals surface area contributed by atoms with Crippen molar-refractivity contribution in [2.24, 2.45) is 0 Å². The van der Waals surface area contributed by atoms with Crippen LogP contribution >= 0.6 is 23.2 Å². The first-order chi connectivity index (χ1) is 9.28. The van der Waals surface area contributed by atoms with Crippen LogP contribution in [0.5, 0.6) is 0 Å². The fraction of sp³-hybridized carbons (Fsp3) is 0.429. The normalized spacial score (nSPS) is 11.7. The van der Waals surface area contributed by atoms with E-state index in [-0.39, 0.29) is 5.15 Å². The lowest BCUT2D eigenvalue weighted by Gasteiger charge is -2.19. The fourth-order valence-electron chi connectivity index (χ4n) is 1.32. The topological polar surface area (TPSA) is 51.2 Å². The zero-order chi connectivity index (χ0) is 15.2. The number of rotatable bonds is 4. The number of pyridine rings is 1. The van der Waals surface area contributed by atoms with Gasteiger partial charge in [-0.15, -0.1) is 0 Å². The Morgan fingerprint density at radius 3 is 2.75 bits per heavy atom. The SMILES string of the molecule is CC(C)(C)OC(=O)NCCC=Cc1cnc(Cl)c(Cl)c1. The van der Waals surface area contributed by atoms with Gasteiger partial charge in [-0.25, -0.2) is 9.78 Å². The molecule has 0 aliphatic heterocycles. The first-order valence-electron chi connectivity index (χ1n) is 6.22. The number of carbonyl (C=O) groups excluding carboxylic acids is 1. The molecule has 110 valence electrons. The number of ether oxygens (including phenoxy) is 1. The van der Waals surface area contributed by atoms with Crippen molar-refractivity contribution in [2.45, 2.75) is 32.8 Å². The number of amides is 1.